The normalized spacial score (nSPS) is 18.9. The Morgan fingerprint density at radius 2 is 1.06 bits per heavy atom. The first kappa shape index (κ1) is 21.0. The SMILES string of the molecule is FC(F)(F)c1ccc(C2(c3cncnc3C3(c4ccc(C(F)(F)F)cc4)CC3)CC2)cc1. The first-order chi connectivity index (χ1) is 15.1. The molecule has 0 N–H and O–H groups in total. The molecule has 0 amide bonds. The molecule has 2 aliphatic rings. The predicted octanol–water partition coefficient (Wildman–Crippen LogP) is 6.67. The van der Waals surface area contributed by atoms with Crippen molar-refractivity contribution in [1.29, 1.82) is 0 Å². The van der Waals surface area contributed by atoms with Crippen LogP contribution in [0.1, 0.15) is 59.2 Å². The van der Waals surface area contributed by atoms with Crippen LogP contribution in [0.25, 0.3) is 0 Å². The number of aromatic nitrogens is 2. The van der Waals surface area contributed by atoms with Crippen LogP contribution in [0.2, 0.25) is 0 Å². The molecule has 8 heteroatoms. The van der Waals surface area contributed by atoms with Crippen molar-refractivity contribution in [2.45, 2.75) is 48.9 Å². The van der Waals surface area contributed by atoms with Crippen molar-refractivity contribution in [3.05, 3.63) is 94.6 Å². The summed E-state index contributed by atoms with van der Waals surface area (Å²) in [6.07, 6.45) is -2.70. The molecule has 2 saturated carbocycles. The van der Waals surface area contributed by atoms with Crippen molar-refractivity contribution in [3.63, 3.8) is 0 Å². The van der Waals surface area contributed by atoms with E-state index in [1.165, 1.54) is 30.6 Å². The van der Waals surface area contributed by atoms with Crippen molar-refractivity contribution in [2.75, 3.05) is 0 Å². The number of benzene rings is 2. The highest BCUT2D eigenvalue weighted by molar-refractivity contribution is 5.53. The monoisotopic (exact) mass is 448 g/mol. The second kappa shape index (κ2) is 6.80. The van der Waals surface area contributed by atoms with Crippen LogP contribution in [-0.4, -0.2) is 9.97 Å². The minimum Gasteiger partial charge on any atom is -0.244 e. The Hall–Kier alpha value is -2.90. The Morgan fingerprint density at radius 3 is 1.47 bits per heavy atom. The number of hydrogen-bond donors (Lipinski definition) is 0. The lowest BCUT2D eigenvalue weighted by atomic mass is 9.81. The Bertz CT molecular complexity index is 1050. The zero-order valence-corrected chi connectivity index (χ0v) is 16.8. The van der Waals surface area contributed by atoms with Gasteiger partial charge in [0, 0.05) is 22.6 Å². The summed E-state index contributed by atoms with van der Waals surface area (Å²) in [4.78, 5) is 8.71. The molecule has 166 valence electrons. The number of hydrogen-bond acceptors (Lipinski definition) is 2. The molecule has 2 aliphatic carbocycles. The first-order valence-corrected chi connectivity index (χ1v) is 10.2. The van der Waals surface area contributed by atoms with E-state index in [0.717, 1.165) is 72.3 Å². The van der Waals surface area contributed by atoms with Crippen LogP contribution in [0.3, 0.4) is 0 Å². The summed E-state index contributed by atoms with van der Waals surface area (Å²) >= 11 is 0. The Morgan fingerprint density at radius 1 is 0.625 bits per heavy atom. The van der Waals surface area contributed by atoms with Crippen molar-refractivity contribution < 1.29 is 26.3 Å². The van der Waals surface area contributed by atoms with Gasteiger partial charge in [-0.05, 0) is 61.1 Å². The quantitative estimate of drug-likeness (QED) is 0.417. The molecule has 2 nitrogen and oxygen atoms in total. The highest BCUT2D eigenvalue weighted by atomic mass is 19.4. The fraction of sp³-hybridized carbons (Fsp3) is 0.333. The van der Waals surface area contributed by atoms with Gasteiger partial charge in [-0.2, -0.15) is 26.3 Å². The lowest BCUT2D eigenvalue weighted by Crippen LogP contribution is -2.21. The van der Waals surface area contributed by atoms with E-state index in [1.54, 1.807) is 6.20 Å². The van der Waals surface area contributed by atoms with E-state index < -0.39 is 34.3 Å². The molecule has 1 aromatic heterocycles. The first-order valence-electron chi connectivity index (χ1n) is 10.2. The van der Waals surface area contributed by atoms with Gasteiger partial charge in [0.15, 0.2) is 0 Å². The van der Waals surface area contributed by atoms with Crippen LogP contribution in [0.4, 0.5) is 26.3 Å². The van der Waals surface area contributed by atoms with Crippen molar-refractivity contribution >= 4 is 0 Å². The van der Waals surface area contributed by atoms with Crippen molar-refractivity contribution in [3.8, 4) is 0 Å². The molecule has 0 radical (unpaired) electrons. The smallest absolute Gasteiger partial charge is 0.244 e. The van der Waals surface area contributed by atoms with Gasteiger partial charge in [-0.25, -0.2) is 9.97 Å². The van der Waals surface area contributed by atoms with E-state index in [2.05, 4.69) is 9.97 Å². The van der Waals surface area contributed by atoms with Crippen molar-refractivity contribution in [2.24, 2.45) is 0 Å². The molecular formula is C24H18F6N2. The highest BCUT2D eigenvalue weighted by Gasteiger charge is 2.55. The van der Waals surface area contributed by atoms with Gasteiger partial charge >= 0.3 is 12.4 Å². The second-order valence-electron chi connectivity index (χ2n) is 8.60. The summed E-state index contributed by atoms with van der Waals surface area (Å²) in [6.45, 7) is 0. The average molecular weight is 448 g/mol. The van der Waals surface area contributed by atoms with E-state index in [-0.39, 0.29) is 0 Å². The van der Waals surface area contributed by atoms with Crippen LogP contribution in [-0.2, 0) is 23.2 Å². The van der Waals surface area contributed by atoms with Gasteiger partial charge in [0.25, 0.3) is 0 Å². The molecule has 0 spiro atoms. The minimum absolute atomic E-state index is 0.470. The van der Waals surface area contributed by atoms with Gasteiger partial charge in [-0.3, -0.25) is 0 Å². The minimum atomic E-state index is -4.41. The third kappa shape index (κ3) is 3.36. The maximum Gasteiger partial charge on any atom is 0.416 e. The van der Waals surface area contributed by atoms with Crippen LogP contribution >= 0.6 is 0 Å². The van der Waals surface area contributed by atoms with Crippen molar-refractivity contribution in [1.82, 2.24) is 9.97 Å². The molecule has 3 aromatic rings. The molecule has 0 unspecified atom stereocenters. The van der Waals surface area contributed by atoms with Gasteiger partial charge in [-0.15, -0.1) is 0 Å². The van der Waals surface area contributed by atoms with E-state index >= 15 is 0 Å². The third-order valence-corrected chi connectivity index (χ3v) is 6.71. The van der Waals surface area contributed by atoms with E-state index in [0.29, 0.717) is 0 Å². The summed E-state index contributed by atoms with van der Waals surface area (Å²) in [6, 6.07) is 10.3. The molecule has 1 heterocycles. The molecule has 0 bridgehead atoms. The third-order valence-electron chi connectivity index (χ3n) is 6.71. The molecule has 5 rings (SSSR count). The zero-order valence-electron chi connectivity index (χ0n) is 16.8. The van der Waals surface area contributed by atoms with E-state index in [4.69, 9.17) is 0 Å². The lowest BCUT2D eigenvalue weighted by molar-refractivity contribution is -0.138. The molecule has 0 atom stereocenters. The summed E-state index contributed by atoms with van der Waals surface area (Å²) in [5, 5.41) is 0. The lowest BCUT2D eigenvalue weighted by Gasteiger charge is -2.25. The van der Waals surface area contributed by atoms with Gasteiger partial charge in [-0.1, -0.05) is 24.3 Å². The van der Waals surface area contributed by atoms with Crippen LogP contribution in [0.5, 0.6) is 0 Å². The summed E-state index contributed by atoms with van der Waals surface area (Å²) in [5.41, 5.74) is 0.750. The van der Waals surface area contributed by atoms with Gasteiger partial charge in [0.1, 0.15) is 6.33 Å². The van der Waals surface area contributed by atoms with E-state index in [1.807, 2.05) is 0 Å². The van der Waals surface area contributed by atoms with Gasteiger partial charge in [0.2, 0.25) is 0 Å². The molecule has 0 aliphatic heterocycles. The maximum absolute atomic E-state index is 13.0. The van der Waals surface area contributed by atoms with Crippen LogP contribution in [0, 0.1) is 0 Å². The van der Waals surface area contributed by atoms with Gasteiger partial charge < -0.3 is 0 Å². The second-order valence-corrected chi connectivity index (χ2v) is 8.60. The summed E-state index contributed by atoms with van der Waals surface area (Å²) in [5.74, 6) is 0. The number of halogens is 6. The largest absolute Gasteiger partial charge is 0.416 e. The molecular weight excluding hydrogens is 430 g/mol. The number of rotatable bonds is 4. The molecule has 2 aromatic carbocycles. The zero-order chi connectivity index (χ0) is 22.8. The molecule has 2 fully saturated rings. The fourth-order valence-corrected chi connectivity index (χ4v) is 4.64. The topological polar surface area (TPSA) is 25.8 Å². The fourth-order valence-electron chi connectivity index (χ4n) is 4.64. The Balaban J connectivity index is 1.54. The predicted molar refractivity (Wildman–Crippen MR) is 105 cm³/mol. The summed E-state index contributed by atoms with van der Waals surface area (Å²) < 4.78 is 77.9. The Labute approximate surface area is 180 Å². The van der Waals surface area contributed by atoms with Crippen LogP contribution in [0.15, 0.2) is 61.1 Å². The number of nitrogens with zero attached hydrogens (tertiary/aromatic N) is 2. The Kier molecular flexibility index (Phi) is 4.45. The maximum atomic E-state index is 13.0. The van der Waals surface area contributed by atoms with E-state index in [9.17, 15) is 26.3 Å². The molecule has 32 heavy (non-hydrogen) atoms. The average Bonchev–Trinajstić information content (AvgIpc) is 3.68. The van der Waals surface area contributed by atoms with Crippen LogP contribution < -0.4 is 0 Å². The standard InChI is InChI=1S/C24H18F6N2/c25-23(26,27)17-5-1-15(2-6-17)21(9-10-21)19-13-31-14-32-20(19)22(11-12-22)16-3-7-18(8-4-16)24(28,29)30/h1-8,13-14H,9-12H2. The highest BCUT2D eigenvalue weighted by Crippen LogP contribution is 2.60. The molecule has 0 saturated heterocycles. The number of alkyl halides is 6. The summed E-state index contributed by atoms with van der Waals surface area (Å²) in [7, 11) is 0. The van der Waals surface area contributed by atoms with Gasteiger partial charge in [0.05, 0.1) is 16.8 Å².